The first-order valence-corrected chi connectivity index (χ1v) is 6.03. The largest absolute Gasteiger partial charge is 0.369 e. The van der Waals surface area contributed by atoms with E-state index in [1.165, 1.54) is 0 Å². The van der Waals surface area contributed by atoms with Crippen molar-refractivity contribution < 1.29 is 23.3 Å². The Hall–Kier alpha value is -2.58. The Morgan fingerprint density at radius 2 is 2.05 bits per heavy atom. The number of rotatable bonds is 3. The van der Waals surface area contributed by atoms with Crippen molar-refractivity contribution in [2.45, 2.75) is 6.42 Å². The van der Waals surface area contributed by atoms with E-state index in [4.69, 9.17) is 5.73 Å². The van der Waals surface area contributed by atoms with Gasteiger partial charge in [0, 0.05) is 13.1 Å². The van der Waals surface area contributed by atoms with Crippen LogP contribution in [0.1, 0.15) is 16.8 Å². The van der Waals surface area contributed by atoms with Crippen LogP contribution in [0.4, 0.5) is 14.5 Å². The number of hydrogen-bond acceptors (Lipinski definition) is 4. The van der Waals surface area contributed by atoms with Gasteiger partial charge in [0.15, 0.2) is 0 Å². The Morgan fingerprint density at radius 1 is 1.38 bits per heavy atom. The van der Waals surface area contributed by atoms with E-state index >= 15 is 0 Å². The first kappa shape index (κ1) is 14.8. The fourth-order valence-corrected chi connectivity index (χ4v) is 2.21. The van der Waals surface area contributed by atoms with Gasteiger partial charge in [-0.25, -0.2) is 4.39 Å². The minimum atomic E-state index is -1.39. The lowest BCUT2D eigenvalue weighted by atomic mass is 10.1. The van der Waals surface area contributed by atoms with Crippen molar-refractivity contribution >= 4 is 17.5 Å². The molecule has 112 valence electrons. The Labute approximate surface area is 117 Å². The molecule has 21 heavy (non-hydrogen) atoms. The van der Waals surface area contributed by atoms with Gasteiger partial charge < -0.3 is 10.6 Å². The number of nitro groups is 1. The molecule has 2 amide bonds. The standard InChI is InChI=1S/C12H11F2N3O4/c13-7-3-8(10(14)9(4-7)17(20)21)12(19)16-2-1-6(5-16)11(15)18/h3-4,6H,1-2,5H2,(H2,15,18). The van der Waals surface area contributed by atoms with Crippen LogP contribution in [-0.4, -0.2) is 34.7 Å². The summed E-state index contributed by atoms with van der Waals surface area (Å²) in [6.07, 6.45) is 0.320. The number of carbonyl (C=O) groups is 2. The van der Waals surface area contributed by atoms with Crippen molar-refractivity contribution in [2.75, 3.05) is 13.1 Å². The molecule has 1 atom stereocenters. The number of carbonyl (C=O) groups excluding carboxylic acids is 2. The predicted molar refractivity (Wildman–Crippen MR) is 66.2 cm³/mol. The second-order valence-electron chi connectivity index (χ2n) is 4.68. The van der Waals surface area contributed by atoms with Gasteiger partial charge in [-0.1, -0.05) is 0 Å². The van der Waals surface area contributed by atoms with E-state index in [1.807, 2.05) is 0 Å². The maximum atomic E-state index is 13.9. The van der Waals surface area contributed by atoms with E-state index in [1.54, 1.807) is 0 Å². The molecule has 1 aromatic carbocycles. The van der Waals surface area contributed by atoms with Crippen molar-refractivity contribution in [1.82, 2.24) is 4.90 Å². The lowest BCUT2D eigenvalue weighted by molar-refractivity contribution is -0.387. The van der Waals surface area contributed by atoms with Gasteiger partial charge in [-0.05, 0) is 12.5 Å². The third-order valence-corrected chi connectivity index (χ3v) is 3.32. The molecule has 0 saturated carbocycles. The van der Waals surface area contributed by atoms with Crippen LogP contribution in [0.2, 0.25) is 0 Å². The van der Waals surface area contributed by atoms with Gasteiger partial charge in [-0.15, -0.1) is 0 Å². The topological polar surface area (TPSA) is 107 Å². The number of hydrogen-bond donors (Lipinski definition) is 1. The molecule has 0 aromatic heterocycles. The van der Waals surface area contributed by atoms with Gasteiger partial charge in [-0.3, -0.25) is 19.7 Å². The third kappa shape index (κ3) is 2.81. The number of likely N-dealkylation sites (tertiary alicyclic amines) is 1. The Bertz CT molecular complexity index is 635. The van der Waals surface area contributed by atoms with Gasteiger partial charge in [0.05, 0.1) is 22.5 Å². The summed E-state index contributed by atoms with van der Waals surface area (Å²) < 4.78 is 27.2. The zero-order chi connectivity index (χ0) is 15.7. The van der Waals surface area contributed by atoms with E-state index in [0.717, 1.165) is 4.90 Å². The van der Waals surface area contributed by atoms with E-state index in [0.29, 0.717) is 18.6 Å². The summed E-state index contributed by atoms with van der Waals surface area (Å²) >= 11 is 0. The maximum Gasteiger partial charge on any atom is 0.308 e. The Balaban J connectivity index is 2.32. The molecule has 1 unspecified atom stereocenters. The first-order chi connectivity index (χ1) is 9.81. The van der Waals surface area contributed by atoms with E-state index in [9.17, 15) is 28.5 Å². The summed E-state index contributed by atoms with van der Waals surface area (Å²) in [5.74, 6) is -4.53. The molecule has 7 nitrogen and oxygen atoms in total. The number of halogens is 2. The summed E-state index contributed by atoms with van der Waals surface area (Å²) in [4.78, 5) is 33.8. The van der Waals surface area contributed by atoms with Crippen molar-refractivity contribution in [3.05, 3.63) is 39.4 Å². The fraction of sp³-hybridized carbons (Fsp3) is 0.333. The summed E-state index contributed by atoms with van der Waals surface area (Å²) in [6.45, 7) is 0.133. The number of nitro benzene ring substituents is 1. The third-order valence-electron chi connectivity index (χ3n) is 3.32. The highest BCUT2D eigenvalue weighted by atomic mass is 19.1. The van der Waals surface area contributed by atoms with Gasteiger partial charge >= 0.3 is 5.69 Å². The molecule has 2 N–H and O–H groups in total. The van der Waals surface area contributed by atoms with Crippen LogP contribution in [0.3, 0.4) is 0 Å². The molecule has 1 heterocycles. The maximum absolute atomic E-state index is 13.9. The van der Waals surface area contributed by atoms with Gasteiger partial charge in [0.1, 0.15) is 5.82 Å². The van der Waals surface area contributed by atoms with Crippen LogP contribution < -0.4 is 5.73 Å². The van der Waals surface area contributed by atoms with Crippen LogP contribution in [0.5, 0.6) is 0 Å². The molecule has 1 aliphatic rings. The molecule has 1 aromatic rings. The van der Waals surface area contributed by atoms with E-state index in [-0.39, 0.29) is 13.1 Å². The normalized spacial score (nSPS) is 17.8. The highest BCUT2D eigenvalue weighted by Crippen LogP contribution is 2.25. The molecule has 1 fully saturated rings. The molecule has 1 saturated heterocycles. The van der Waals surface area contributed by atoms with Gasteiger partial charge in [-0.2, -0.15) is 4.39 Å². The highest BCUT2D eigenvalue weighted by Gasteiger charge is 2.33. The van der Waals surface area contributed by atoms with Crippen LogP contribution >= 0.6 is 0 Å². The Kier molecular flexibility index (Phi) is 3.83. The van der Waals surface area contributed by atoms with Crippen molar-refractivity contribution in [3.63, 3.8) is 0 Å². The van der Waals surface area contributed by atoms with Gasteiger partial charge in [0.25, 0.3) is 5.91 Å². The van der Waals surface area contributed by atoms with E-state index < -0.39 is 45.5 Å². The summed E-state index contributed by atoms with van der Waals surface area (Å²) in [7, 11) is 0. The van der Waals surface area contributed by atoms with E-state index in [2.05, 4.69) is 0 Å². The van der Waals surface area contributed by atoms with Crippen molar-refractivity contribution in [2.24, 2.45) is 11.7 Å². The molecule has 9 heteroatoms. The summed E-state index contributed by atoms with van der Waals surface area (Å²) in [6, 6.07) is 1.00. The number of benzene rings is 1. The lowest BCUT2D eigenvalue weighted by Gasteiger charge is -2.16. The zero-order valence-electron chi connectivity index (χ0n) is 10.7. The number of primary amides is 1. The highest BCUT2D eigenvalue weighted by molar-refractivity contribution is 5.96. The molecule has 0 radical (unpaired) electrons. The molecule has 1 aliphatic heterocycles. The predicted octanol–water partition coefficient (Wildman–Crippen LogP) is 0.820. The number of nitrogens with zero attached hydrogens (tertiary/aromatic N) is 2. The molecule has 0 bridgehead atoms. The van der Waals surface area contributed by atoms with Crippen LogP contribution in [0, 0.1) is 27.7 Å². The Morgan fingerprint density at radius 3 is 2.57 bits per heavy atom. The molecular formula is C12H11F2N3O4. The van der Waals surface area contributed by atoms with Crippen LogP contribution in [0.25, 0.3) is 0 Å². The monoisotopic (exact) mass is 299 g/mol. The average molecular weight is 299 g/mol. The SMILES string of the molecule is NC(=O)C1CCN(C(=O)c2cc(F)cc([N+](=O)[O-])c2F)C1. The average Bonchev–Trinajstić information content (AvgIpc) is 2.89. The zero-order valence-corrected chi connectivity index (χ0v) is 10.7. The second-order valence-corrected chi connectivity index (χ2v) is 4.68. The quantitative estimate of drug-likeness (QED) is 0.658. The molecule has 0 aliphatic carbocycles. The minimum absolute atomic E-state index is 0.0160. The number of nitrogens with two attached hydrogens (primary N) is 1. The minimum Gasteiger partial charge on any atom is -0.369 e. The molecule has 0 spiro atoms. The summed E-state index contributed by atoms with van der Waals surface area (Å²) in [5, 5.41) is 10.6. The fourth-order valence-electron chi connectivity index (χ4n) is 2.21. The van der Waals surface area contributed by atoms with Crippen LogP contribution in [-0.2, 0) is 4.79 Å². The lowest BCUT2D eigenvalue weighted by Crippen LogP contribution is -2.32. The summed E-state index contributed by atoms with van der Waals surface area (Å²) in [5.41, 5.74) is 3.28. The van der Waals surface area contributed by atoms with Gasteiger partial charge in [0.2, 0.25) is 11.7 Å². The number of amides is 2. The van der Waals surface area contributed by atoms with Crippen LogP contribution in [0.15, 0.2) is 12.1 Å². The first-order valence-electron chi connectivity index (χ1n) is 6.03. The molecule has 2 rings (SSSR count). The van der Waals surface area contributed by atoms with Crippen molar-refractivity contribution in [1.29, 1.82) is 0 Å². The second kappa shape index (κ2) is 5.43. The smallest absolute Gasteiger partial charge is 0.308 e. The molecular weight excluding hydrogens is 288 g/mol. The van der Waals surface area contributed by atoms with Crippen molar-refractivity contribution in [3.8, 4) is 0 Å².